The maximum Gasteiger partial charge on any atom is 0.261 e. The van der Waals surface area contributed by atoms with Crippen LogP contribution in [0.5, 0.6) is 0 Å². The van der Waals surface area contributed by atoms with E-state index in [-0.39, 0.29) is 12.1 Å². The molecule has 0 radical (unpaired) electrons. The van der Waals surface area contributed by atoms with Crippen LogP contribution in [0, 0.1) is 0 Å². The Morgan fingerprint density at radius 1 is 1.13 bits per heavy atom. The highest BCUT2D eigenvalue weighted by molar-refractivity contribution is 9.10. The molecule has 8 nitrogen and oxygen atoms in total. The van der Waals surface area contributed by atoms with Crippen LogP contribution < -0.4 is 10.9 Å². The van der Waals surface area contributed by atoms with Crippen molar-refractivity contribution in [2.45, 2.75) is 6.10 Å². The molecular formula is C21H17BrN6O2. The van der Waals surface area contributed by atoms with Crippen LogP contribution >= 0.6 is 15.9 Å². The van der Waals surface area contributed by atoms with Crippen LogP contribution in [0.15, 0.2) is 64.1 Å². The Labute approximate surface area is 178 Å². The summed E-state index contributed by atoms with van der Waals surface area (Å²) in [5, 5.41) is 20.6. The maximum absolute atomic E-state index is 12.6. The third kappa shape index (κ3) is 3.38. The molecule has 0 saturated carbocycles. The highest BCUT2D eigenvalue weighted by atomic mass is 79.9. The summed E-state index contributed by atoms with van der Waals surface area (Å²) < 4.78 is 0.890. The van der Waals surface area contributed by atoms with Crippen molar-refractivity contribution in [2.75, 3.05) is 11.9 Å². The lowest BCUT2D eigenvalue weighted by molar-refractivity contribution is 0.191. The van der Waals surface area contributed by atoms with E-state index >= 15 is 0 Å². The van der Waals surface area contributed by atoms with Gasteiger partial charge in [-0.3, -0.25) is 4.79 Å². The van der Waals surface area contributed by atoms with Crippen molar-refractivity contribution < 1.29 is 5.11 Å². The molecule has 30 heavy (non-hydrogen) atoms. The molecule has 3 heterocycles. The number of nitrogens with zero attached hydrogens (tertiary/aromatic N) is 2. The second kappa shape index (κ2) is 7.43. The van der Waals surface area contributed by atoms with E-state index in [1.807, 2.05) is 42.6 Å². The average Bonchev–Trinajstić information content (AvgIpc) is 3.35. The monoisotopic (exact) mass is 464 g/mol. The molecule has 5 aromatic rings. The van der Waals surface area contributed by atoms with Crippen molar-refractivity contribution in [1.82, 2.24) is 25.1 Å². The van der Waals surface area contributed by atoms with Crippen molar-refractivity contribution in [1.29, 1.82) is 0 Å². The second-order valence-corrected chi connectivity index (χ2v) is 7.85. The van der Waals surface area contributed by atoms with Gasteiger partial charge in [0.25, 0.3) is 5.56 Å². The molecule has 0 amide bonds. The summed E-state index contributed by atoms with van der Waals surface area (Å²) >= 11 is 3.41. The van der Waals surface area contributed by atoms with Gasteiger partial charge < -0.3 is 25.6 Å². The third-order valence-electron chi connectivity index (χ3n) is 4.94. The van der Waals surface area contributed by atoms with Crippen LogP contribution in [0.25, 0.3) is 33.3 Å². The van der Waals surface area contributed by atoms with E-state index in [0.29, 0.717) is 28.1 Å². The number of aromatic nitrogens is 5. The van der Waals surface area contributed by atoms with E-state index in [2.05, 4.69) is 46.4 Å². The van der Waals surface area contributed by atoms with E-state index < -0.39 is 6.10 Å². The number of halogens is 1. The first-order valence-corrected chi connectivity index (χ1v) is 10.1. The zero-order valence-corrected chi connectivity index (χ0v) is 17.2. The van der Waals surface area contributed by atoms with Crippen molar-refractivity contribution in [3.8, 4) is 11.4 Å². The molecular weight excluding hydrogens is 448 g/mol. The topological polar surface area (TPSA) is 122 Å². The van der Waals surface area contributed by atoms with Crippen LogP contribution in [0.4, 0.5) is 5.69 Å². The second-order valence-electron chi connectivity index (χ2n) is 6.94. The number of nitrogens with one attached hydrogen (secondary N) is 4. The molecule has 5 rings (SSSR count). The van der Waals surface area contributed by atoms with Gasteiger partial charge in [-0.25, -0.2) is 9.97 Å². The molecule has 0 fully saturated rings. The van der Waals surface area contributed by atoms with Gasteiger partial charge in [0.1, 0.15) is 5.56 Å². The van der Waals surface area contributed by atoms with E-state index in [1.165, 1.54) is 0 Å². The van der Waals surface area contributed by atoms with Gasteiger partial charge in [0, 0.05) is 28.8 Å². The zero-order valence-electron chi connectivity index (χ0n) is 15.6. The molecule has 0 aliphatic heterocycles. The van der Waals surface area contributed by atoms with Gasteiger partial charge in [-0.2, -0.15) is 0 Å². The standard InChI is InChI=1S/C21H17BrN6O2/c22-13-3-1-2-11(6-13)18(29)10-24-14-4-5-23-21(30)19(14)20-26-16-7-12-9-25-28-15(12)8-17(16)27-20/h1-9,18,25,28-29H,10H2,(H2,23,24,30). The van der Waals surface area contributed by atoms with Gasteiger partial charge in [0.2, 0.25) is 0 Å². The Morgan fingerprint density at radius 2 is 1.97 bits per heavy atom. The highest BCUT2D eigenvalue weighted by Crippen LogP contribution is 2.27. The normalized spacial score (nSPS) is 12.5. The fourth-order valence-electron chi connectivity index (χ4n) is 3.44. The number of hydrogen-bond acceptors (Lipinski definition) is 5. The van der Waals surface area contributed by atoms with Crippen LogP contribution in [-0.2, 0) is 0 Å². The summed E-state index contributed by atoms with van der Waals surface area (Å²) in [6.45, 7) is 0.228. The number of aromatic amines is 3. The molecule has 1 atom stereocenters. The van der Waals surface area contributed by atoms with Crippen molar-refractivity contribution in [2.24, 2.45) is 0 Å². The Balaban J connectivity index is 1.49. The smallest absolute Gasteiger partial charge is 0.261 e. The summed E-state index contributed by atoms with van der Waals surface area (Å²) in [6, 6.07) is 13.0. The number of anilines is 1. The predicted molar refractivity (Wildman–Crippen MR) is 119 cm³/mol. The zero-order chi connectivity index (χ0) is 20.7. The number of fused-ring (bicyclic) bond motifs is 2. The van der Waals surface area contributed by atoms with Crippen LogP contribution in [0.3, 0.4) is 0 Å². The SMILES string of the molecule is O=c1[nH]ccc(NCC(O)c2cccc(Br)c2)c1-c1nc2cc3c[nH][nH]c3cc2n1. The molecule has 150 valence electrons. The molecule has 5 N–H and O–H groups in total. The molecule has 0 spiro atoms. The number of aliphatic hydroxyl groups excluding tert-OH is 1. The minimum absolute atomic E-state index is 0.228. The molecule has 0 saturated heterocycles. The van der Waals surface area contributed by atoms with Crippen LogP contribution in [0.1, 0.15) is 11.7 Å². The predicted octanol–water partition coefficient (Wildman–Crippen LogP) is 3.70. The number of H-pyrrole nitrogens is 3. The van der Waals surface area contributed by atoms with Crippen LogP contribution in [-0.4, -0.2) is 36.8 Å². The average molecular weight is 465 g/mol. The molecule has 3 aromatic heterocycles. The first-order valence-electron chi connectivity index (χ1n) is 9.31. The summed E-state index contributed by atoms with van der Waals surface area (Å²) in [5.41, 5.74) is 3.67. The fourth-order valence-corrected chi connectivity index (χ4v) is 3.86. The van der Waals surface area contributed by atoms with E-state index in [1.54, 1.807) is 12.3 Å². The summed E-state index contributed by atoms with van der Waals surface area (Å²) in [6.07, 6.45) is 2.65. The van der Waals surface area contributed by atoms with Gasteiger partial charge >= 0.3 is 0 Å². The van der Waals surface area contributed by atoms with E-state index in [4.69, 9.17) is 0 Å². The van der Waals surface area contributed by atoms with Gasteiger partial charge in [-0.1, -0.05) is 28.1 Å². The minimum atomic E-state index is -0.744. The highest BCUT2D eigenvalue weighted by Gasteiger charge is 2.17. The largest absolute Gasteiger partial charge is 0.387 e. The summed E-state index contributed by atoms with van der Waals surface area (Å²) in [7, 11) is 0. The molecule has 0 aliphatic rings. The number of imidazole rings is 1. The summed E-state index contributed by atoms with van der Waals surface area (Å²) in [5.74, 6) is 0.336. The maximum atomic E-state index is 12.6. The Morgan fingerprint density at radius 3 is 2.80 bits per heavy atom. The van der Waals surface area contributed by atoms with Gasteiger partial charge in [-0.05, 0) is 35.9 Å². The number of rotatable bonds is 5. The lowest BCUT2D eigenvalue weighted by atomic mass is 10.1. The van der Waals surface area contributed by atoms with Crippen molar-refractivity contribution >= 4 is 43.6 Å². The number of benzene rings is 2. The van der Waals surface area contributed by atoms with Crippen molar-refractivity contribution in [3.05, 3.63) is 75.2 Å². The Hall–Kier alpha value is -3.43. The Bertz CT molecular complexity index is 1370. The first-order chi connectivity index (χ1) is 14.6. The van der Waals surface area contributed by atoms with E-state index in [0.717, 1.165) is 20.9 Å². The molecule has 2 aromatic carbocycles. The van der Waals surface area contributed by atoms with Crippen LogP contribution in [0.2, 0.25) is 0 Å². The summed E-state index contributed by atoms with van der Waals surface area (Å²) in [4.78, 5) is 24.4. The molecule has 9 heteroatoms. The number of hydrogen-bond donors (Lipinski definition) is 5. The number of pyridine rings is 1. The van der Waals surface area contributed by atoms with Crippen molar-refractivity contribution in [3.63, 3.8) is 0 Å². The third-order valence-corrected chi connectivity index (χ3v) is 5.43. The molecule has 1 unspecified atom stereocenters. The number of aliphatic hydroxyl groups is 1. The lowest BCUT2D eigenvalue weighted by Crippen LogP contribution is -2.17. The van der Waals surface area contributed by atoms with Gasteiger partial charge in [0.05, 0.1) is 28.3 Å². The first kappa shape index (κ1) is 18.6. The van der Waals surface area contributed by atoms with E-state index in [9.17, 15) is 9.90 Å². The van der Waals surface area contributed by atoms with Gasteiger partial charge in [-0.15, -0.1) is 0 Å². The quantitative estimate of drug-likeness (QED) is 0.271. The Kier molecular flexibility index (Phi) is 4.61. The fraction of sp³-hybridized carbons (Fsp3) is 0.0952. The molecule has 0 aliphatic carbocycles. The lowest BCUT2D eigenvalue weighted by Gasteiger charge is -2.15. The van der Waals surface area contributed by atoms with Gasteiger partial charge in [0.15, 0.2) is 5.82 Å². The minimum Gasteiger partial charge on any atom is -0.387 e. The molecule has 0 bridgehead atoms.